The van der Waals surface area contributed by atoms with Gasteiger partial charge in [0, 0.05) is 24.5 Å². The third kappa shape index (κ3) is 1.93. The van der Waals surface area contributed by atoms with Gasteiger partial charge in [-0.1, -0.05) is 12.2 Å². The van der Waals surface area contributed by atoms with E-state index in [1.807, 2.05) is 37.4 Å². The van der Waals surface area contributed by atoms with Gasteiger partial charge in [0.15, 0.2) is 11.2 Å². The van der Waals surface area contributed by atoms with Gasteiger partial charge in [0.25, 0.3) is 0 Å². The summed E-state index contributed by atoms with van der Waals surface area (Å²) in [7, 11) is 1.90. The van der Waals surface area contributed by atoms with Gasteiger partial charge in [-0.2, -0.15) is 4.98 Å². The zero-order valence-electron chi connectivity index (χ0n) is 10.1. The van der Waals surface area contributed by atoms with Crippen molar-refractivity contribution < 1.29 is 4.42 Å². The lowest BCUT2D eigenvalue weighted by Crippen LogP contribution is -2.01. The minimum atomic E-state index is 0.641. The predicted molar refractivity (Wildman–Crippen MR) is 70.7 cm³/mol. The van der Waals surface area contributed by atoms with E-state index in [1.54, 1.807) is 6.20 Å². The van der Waals surface area contributed by atoms with Crippen molar-refractivity contribution in [1.82, 2.24) is 15.3 Å². The predicted octanol–water partition coefficient (Wildman–Crippen LogP) is 2.67. The van der Waals surface area contributed by atoms with Gasteiger partial charge in [-0.3, -0.25) is 0 Å². The molecule has 2 aromatic heterocycles. The molecule has 0 aliphatic heterocycles. The fraction of sp³-hybridized carbons (Fsp3) is 0.143. The van der Waals surface area contributed by atoms with E-state index >= 15 is 0 Å². The van der Waals surface area contributed by atoms with Crippen LogP contribution in [-0.2, 0) is 0 Å². The van der Waals surface area contributed by atoms with Crippen LogP contribution in [0.2, 0.25) is 0 Å². The summed E-state index contributed by atoms with van der Waals surface area (Å²) in [5.74, 6) is 0.641. The zero-order chi connectivity index (χ0) is 12.4. The fourth-order valence-electron chi connectivity index (χ4n) is 1.86. The highest BCUT2D eigenvalue weighted by Crippen LogP contribution is 2.24. The number of oxazole rings is 1. The van der Waals surface area contributed by atoms with E-state index in [9.17, 15) is 0 Å². The number of fused-ring (bicyclic) bond motifs is 1. The van der Waals surface area contributed by atoms with Gasteiger partial charge >= 0.3 is 0 Å². The summed E-state index contributed by atoms with van der Waals surface area (Å²) in [6, 6.07) is 3.72. The molecule has 3 rings (SSSR count). The van der Waals surface area contributed by atoms with E-state index in [0.29, 0.717) is 11.5 Å². The summed E-state index contributed by atoms with van der Waals surface area (Å²) in [5.41, 5.74) is 3.49. The minimum Gasteiger partial charge on any atom is -0.435 e. The monoisotopic (exact) mass is 239 g/mol. The number of hydrogen-bond donors (Lipinski definition) is 1. The van der Waals surface area contributed by atoms with E-state index in [1.165, 1.54) is 0 Å². The molecule has 1 aliphatic rings. The number of nitrogens with one attached hydrogen (secondary N) is 1. The molecule has 1 aliphatic carbocycles. The quantitative estimate of drug-likeness (QED) is 0.875. The molecule has 0 fully saturated rings. The van der Waals surface area contributed by atoms with Crippen LogP contribution in [0.4, 0.5) is 0 Å². The maximum Gasteiger partial charge on any atom is 0.225 e. The molecule has 0 spiro atoms. The van der Waals surface area contributed by atoms with Crippen LogP contribution in [0.3, 0.4) is 0 Å². The Morgan fingerprint density at radius 3 is 3.11 bits per heavy atom. The molecule has 2 aromatic rings. The highest BCUT2D eigenvalue weighted by atomic mass is 16.3. The van der Waals surface area contributed by atoms with E-state index in [0.717, 1.165) is 23.3 Å². The van der Waals surface area contributed by atoms with Crippen molar-refractivity contribution >= 4 is 16.8 Å². The maximum atomic E-state index is 5.71. The molecule has 0 atom stereocenters. The van der Waals surface area contributed by atoms with Gasteiger partial charge in [0.2, 0.25) is 5.89 Å². The van der Waals surface area contributed by atoms with Crippen LogP contribution in [0.5, 0.6) is 0 Å². The van der Waals surface area contributed by atoms with E-state index in [4.69, 9.17) is 4.42 Å². The molecule has 18 heavy (non-hydrogen) atoms. The van der Waals surface area contributed by atoms with Crippen molar-refractivity contribution in [3.05, 3.63) is 54.2 Å². The first-order valence-corrected chi connectivity index (χ1v) is 5.84. The molecule has 4 nitrogen and oxygen atoms in total. The maximum absolute atomic E-state index is 5.71. The average Bonchev–Trinajstić information content (AvgIpc) is 2.68. The van der Waals surface area contributed by atoms with E-state index in [2.05, 4.69) is 21.4 Å². The summed E-state index contributed by atoms with van der Waals surface area (Å²) in [5, 5.41) is 3.11. The molecular weight excluding hydrogens is 226 g/mol. The number of nitrogens with zero attached hydrogens (tertiary/aromatic N) is 2. The van der Waals surface area contributed by atoms with Crippen molar-refractivity contribution in [1.29, 1.82) is 0 Å². The number of pyridine rings is 1. The first-order chi connectivity index (χ1) is 8.86. The Labute approximate surface area is 105 Å². The van der Waals surface area contributed by atoms with Gasteiger partial charge in [0.05, 0.1) is 0 Å². The van der Waals surface area contributed by atoms with Gasteiger partial charge in [-0.05, 0) is 30.7 Å². The first kappa shape index (κ1) is 10.8. The molecule has 0 radical (unpaired) electrons. The van der Waals surface area contributed by atoms with Crippen molar-refractivity contribution in [3.63, 3.8) is 0 Å². The molecule has 4 heteroatoms. The normalized spacial score (nSPS) is 15.2. The summed E-state index contributed by atoms with van der Waals surface area (Å²) in [4.78, 5) is 8.57. The molecule has 0 amide bonds. The van der Waals surface area contributed by atoms with Crippen LogP contribution in [0.1, 0.15) is 12.3 Å². The molecular formula is C14H13N3O. The smallest absolute Gasteiger partial charge is 0.225 e. The lowest BCUT2D eigenvalue weighted by Gasteiger charge is -1.95. The van der Waals surface area contributed by atoms with Crippen LogP contribution in [-0.4, -0.2) is 17.0 Å². The van der Waals surface area contributed by atoms with Crippen LogP contribution >= 0.6 is 0 Å². The lowest BCUT2D eigenvalue weighted by atomic mass is 10.2. The van der Waals surface area contributed by atoms with Crippen molar-refractivity contribution in [3.8, 4) is 0 Å². The summed E-state index contributed by atoms with van der Waals surface area (Å²) in [6.07, 6.45) is 10.7. The summed E-state index contributed by atoms with van der Waals surface area (Å²) in [6.45, 7) is 0. The Morgan fingerprint density at radius 1 is 1.33 bits per heavy atom. The average molecular weight is 239 g/mol. The first-order valence-electron chi connectivity index (χ1n) is 5.84. The highest BCUT2D eigenvalue weighted by molar-refractivity contribution is 5.73. The van der Waals surface area contributed by atoms with Crippen molar-refractivity contribution in [2.45, 2.75) is 6.42 Å². The Morgan fingerprint density at radius 2 is 2.28 bits per heavy atom. The van der Waals surface area contributed by atoms with Crippen LogP contribution in [0.25, 0.3) is 16.8 Å². The largest absolute Gasteiger partial charge is 0.435 e. The molecule has 0 bridgehead atoms. The Bertz CT molecular complexity index is 631. The molecule has 2 heterocycles. The van der Waals surface area contributed by atoms with Gasteiger partial charge < -0.3 is 9.73 Å². The lowest BCUT2D eigenvalue weighted by molar-refractivity contribution is 0.582. The van der Waals surface area contributed by atoms with E-state index < -0.39 is 0 Å². The Hall–Kier alpha value is -2.36. The zero-order valence-corrected chi connectivity index (χ0v) is 10.1. The Balaban J connectivity index is 2.02. The minimum absolute atomic E-state index is 0.641. The van der Waals surface area contributed by atoms with Gasteiger partial charge in [-0.15, -0.1) is 0 Å². The molecule has 0 unspecified atom stereocenters. The topological polar surface area (TPSA) is 51.0 Å². The fourth-order valence-corrected chi connectivity index (χ4v) is 1.86. The second kappa shape index (κ2) is 4.49. The van der Waals surface area contributed by atoms with Crippen LogP contribution in [0, 0.1) is 0 Å². The third-order valence-corrected chi connectivity index (χ3v) is 2.83. The number of aromatic nitrogens is 2. The number of rotatable bonds is 2. The molecule has 0 aromatic carbocycles. The number of allylic oxidation sites excluding steroid dienone is 5. The summed E-state index contributed by atoms with van der Waals surface area (Å²) >= 11 is 0. The third-order valence-electron chi connectivity index (χ3n) is 2.83. The SMILES string of the molecule is CNC1=CC=C(c2nc3ncccc3o2)CC=C1. The molecule has 90 valence electrons. The second-order valence-electron chi connectivity index (χ2n) is 4.01. The molecule has 0 saturated heterocycles. The van der Waals surface area contributed by atoms with Crippen LogP contribution in [0.15, 0.2) is 52.7 Å². The van der Waals surface area contributed by atoms with Crippen LogP contribution < -0.4 is 5.32 Å². The Kier molecular flexibility index (Phi) is 2.68. The van der Waals surface area contributed by atoms with Gasteiger partial charge in [0.1, 0.15) is 0 Å². The van der Waals surface area contributed by atoms with Crippen molar-refractivity contribution in [2.75, 3.05) is 7.05 Å². The second-order valence-corrected chi connectivity index (χ2v) is 4.01. The standard InChI is InChI=1S/C14H13N3O/c1-15-11-5-2-4-10(7-8-11)14-17-13-12(18-14)6-3-9-16-13/h2-3,5-9,15H,4H2,1H3. The van der Waals surface area contributed by atoms with Crippen molar-refractivity contribution in [2.24, 2.45) is 0 Å². The highest BCUT2D eigenvalue weighted by Gasteiger charge is 2.10. The molecule has 1 N–H and O–H groups in total. The number of hydrogen-bond acceptors (Lipinski definition) is 4. The molecule has 0 saturated carbocycles. The van der Waals surface area contributed by atoms with E-state index in [-0.39, 0.29) is 0 Å². The summed E-state index contributed by atoms with van der Waals surface area (Å²) < 4.78 is 5.71. The number of likely N-dealkylation sites (N-methyl/N-ethyl adjacent to an activating group) is 1. The van der Waals surface area contributed by atoms with Gasteiger partial charge in [-0.25, -0.2) is 4.98 Å².